The van der Waals surface area contributed by atoms with E-state index in [-0.39, 0.29) is 0 Å². The third-order valence-corrected chi connectivity index (χ3v) is 2.81. The van der Waals surface area contributed by atoms with Gasteiger partial charge in [0.1, 0.15) is 4.99 Å². The Balaban J connectivity index is 2.91. The van der Waals surface area contributed by atoms with Crippen molar-refractivity contribution in [2.24, 2.45) is 11.7 Å². The van der Waals surface area contributed by atoms with E-state index in [4.69, 9.17) is 22.7 Å². The molecule has 94 valence electrons. The number of thiocarbonyl (C=S) groups is 1. The van der Waals surface area contributed by atoms with E-state index in [1.807, 2.05) is 13.8 Å². The lowest BCUT2D eigenvalue weighted by molar-refractivity contribution is 0.275. The molecule has 1 aromatic rings. The van der Waals surface area contributed by atoms with Crippen molar-refractivity contribution in [1.29, 1.82) is 0 Å². The molecule has 0 bridgehead atoms. The summed E-state index contributed by atoms with van der Waals surface area (Å²) in [4.78, 5) is 0.306. The predicted octanol–water partition coefficient (Wildman–Crippen LogP) is 2.15. The van der Waals surface area contributed by atoms with Gasteiger partial charge in [0.25, 0.3) is 0 Å². The van der Waals surface area contributed by atoms with Gasteiger partial charge in [0.05, 0.1) is 17.9 Å². The minimum atomic E-state index is 0.306. The van der Waals surface area contributed by atoms with Crippen LogP contribution in [0.4, 0.5) is 0 Å². The van der Waals surface area contributed by atoms with E-state index in [9.17, 15) is 0 Å². The van der Waals surface area contributed by atoms with Crippen LogP contribution in [0.2, 0.25) is 0 Å². The highest BCUT2D eigenvalue weighted by molar-refractivity contribution is 7.80. The number of rotatable bonds is 5. The molecule has 0 saturated carbocycles. The molecule has 0 unspecified atom stereocenters. The van der Waals surface area contributed by atoms with Crippen LogP contribution >= 0.6 is 12.2 Å². The van der Waals surface area contributed by atoms with Crippen LogP contribution in [0.5, 0.6) is 5.88 Å². The first kappa shape index (κ1) is 13.8. The van der Waals surface area contributed by atoms with Gasteiger partial charge in [-0.25, -0.2) is 0 Å². The summed E-state index contributed by atoms with van der Waals surface area (Å²) < 4.78 is 5.60. The Bertz CT molecular complexity index is 418. The molecule has 5 heteroatoms. The summed E-state index contributed by atoms with van der Waals surface area (Å²) in [7, 11) is 0. The second-order valence-electron chi connectivity index (χ2n) is 4.49. The summed E-state index contributed by atoms with van der Waals surface area (Å²) in [6.07, 6.45) is 0.964. The molecule has 0 aliphatic rings. The van der Waals surface area contributed by atoms with E-state index >= 15 is 0 Å². The van der Waals surface area contributed by atoms with Gasteiger partial charge in [0.2, 0.25) is 5.88 Å². The molecule has 0 atom stereocenters. The lowest BCUT2D eigenvalue weighted by Gasteiger charge is -2.13. The van der Waals surface area contributed by atoms with Gasteiger partial charge >= 0.3 is 0 Å². The van der Waals surface area contributed by atoms with E-state index in [2.05, 4.69) is 24.0 Å². The van der Waals surface area contributed by atoms with Crippen LogP contribution in [-0.2, 0) is 0 Å². The molecule has 17 heavy (non-hydrogen) atoms. The molecule has 0 amide bonds. The highest BCUT2D eigenvalue weighted by Gasteiger charge is 2.14. The smallest absolute Gasteiger partial charge is 0.244 e. The molecule has 0 aliphatic carbocycles. The molecular weight excluding hydrogens is 234 g/mol. The Morgan fingerprint density at radius 2 is 2.00 bits per heavy atom. The Morgan fingerprint density at radius 1 is 1.35 bits per heavy atom. The maximum atomic E-state index is 5.70. The van der Waals surface area contributed by atoms with E-state index in [1.165, 1.54) is 0 Å². The van der Waals surface area contributed by atoms with Crippen molar-refractivity contribution in [3.05, 3.63) is 16.8 Å². The van der Waals surface area contributed by atoms with Gasteiger partial charge in [-0.1, -0.05) is 26.1 Å². The van der Waals surface area contributed by atoms with Crippen molar-refractivity contribution in [3.63, 3.8) is 0 Å². The zero-order valence-corrected chi connectivity index (χ0v) is 11.6. The van der Waals surface area contributed by atoms with Crippen molar-refractivity contribution in [1.82, 2.24) is 10.2 Å². The Morgan fingerprint density at radius 3 is 2.53 bits per heavy atom. The molecule has 1 heterocycles. The highest BCUT2D eigenvalue weighted by atomic mass is 32.1. The van der Waals surface area contributed by atoms with Crippen LogP contribution in [0.1, 0.15) is 37.1 Å². The third-order valence-electron chi connectivity index (χ3n) is 2.60. The Hall–Kier alpha value is -1.23. The highest BCUT2D eigenvalue weighted by Crippen LogP contribution is 2.20. The quantitative estimate of drug-likeness (QED) is 0.815. The second kappa shape index (κ2) is 5.91. The molecule has 2 N–H and O–H groups in total. The van der Waals surface area contributed by atoms with E-state index < -0.39 is 0 Å². The number of ether oxygens (including phenoxy) is 1. The van der Waals surface area contributed by atoms with E-state index in [0.717, 1.165) is 17.7 Å². The fourth-order valence-electron chi connectivity index (χ4n) is 1.37. The molecule has 0 fully saturated rings. The molecule has 0 aliphatic heterocycles. The first-order chi connectivity index (χ1) is 7.93. The summed E-state index contributed by atoms with van der Waals surface area (Å²) in [5.74, 6) is 1.03. The lowest BCUT2D eigenvalue weighted by atomic mass is 10.1. The normalized spacial score (nSPS) is 10.6. The van der Waals surface area contributed by atoms with Crippen LogP contribution in [0.3, 0.4) is 0 Å². The van der Waals surface area contributed by atoms with Crippen molar-refractivity contribution in [2.75, 3.05) is 6.61 Å². The fraction of sp³-hybridized carbons (Fsp3) is 0.583. The first-order valence-corrected chi connectivity index (χ1v) is 6.10. The average Bonchev–Trinajstić information content (AvgIpc) is 2.22. The van der Waals surface area contributed by atoms with Crippen LogP contribution in [0.15, 0.2) is 0 Å². The zero-order valence-electron chi connectivity index (χ0n) is 10.8. The fourth-order valence-corrected chi connectivity index (χ4v) is 1.61. The minimum Gasteiger partial charge on any atom is -0.476 e. The summed E-state index contributed by atoms with van der Waals surface area (Å²) in [6, 6.07) is 0. The number of nitrogens with two attached hydrogens (primary N) is 1. The van der Waals surface area contributed by atoms with Crippen molar-refractivity contribution in [2.45, 2.75) is 34.1 Å². The summed E-state index contributed by atoms with van der Waals surface area (Å²) in [6.45, 7) is 8.69. The van der Waals surface area contributed by atoms with Crippen LogP contribution in [0, 0.1) is 19.8 Å². The molecule has 0 spiro atoms. The van der Waals surface area contributed by atoms with Gasteiger partial charge in [-0.3, -0.25) is 0 Å². The van der Waals surface area contributed by atoms with Gasteiger partial charge in [0, 0.05) is 0 Å². The Kier molecular flexibility index (Phi) is 4.81. The maximum Gasteiger partial charge on any atom is 0.244 e. The lowest BCUT2D eigenvalue weighted by Crippen LogP contribution is -2.17. The van der Waals surface area contributed by atoms with Gasteiger partial charge in [-0.15, -0.1) is 5.10 Å². The topological polar surface area (TPSA) is 61.0 Å². The van der Waals surface area contributed by atoms with Crippen molar-refractivity contribution < 1.29 is 4.74 Å². The average molecular weight is 253 g/mol. The second-order valence-corrected chi connectivity index (χ2v) is 4.93. The summed E-state index contributed by atoms with van der Waals surface area (Å²) in [5, 5.41) is 8.05. The van der Waals surface area contributed by atoms with Crippen molar-refractivity contribution in [3.8, 4) is 5.88 Å². The van der Waals surface area contributed by atoms with Crippen LogP contribution in [-0.4, -0.2) is 21.8 Å². The van der Waals surface area contributed by atoms with Crippen LogP contribution in [0.25, 0.3) is 0 Å². The summed E-state index contributed by atoms with van der Waals surface area (Å²) >= 11 is 5.03. The molecule has 1 rings (SSSR count). The van der Waals surface area contributed by atoms with Gasteiger partial charge in [0.15, 0.2) is 0 Å². The van der Waals surface area contributed by atoms with E-state index in [1.54, 1.807) is 0 Å². The van der Waals surface area contributed by atoms with Gasteiger partial charge in [-0.05, 0) is 31.7 Å². The number of nitrogens with zero attached hydrogens (tertiary/aromatic N) is 2. The number of hydrogen-bond acceptors (Lipinski definition) is 4. The zero-order chi connectivity index (χ0) is 13.0. The molecule has 0 saturated heterocycles. The standard InChI is InChI=1S/C12H19N3OS/c1-7(2)5-6-16-12-10(11(13)17)8(3)9(4)14-15-12/h7H,5-6H2,1-4H3,(H2,13,17). The molecular formula is C12H19N3OS. The molecule has 0 aromatic carbocycles. The molecule has 1 aromatic heterocycles. The van der Waals surface area contributed by atoms with Gasteiger partial charge in [-0.2, -0.15) is 5.10 Å². The largest absolute Gasteiger partial charge is 0.476 e. The maximum absolute atomic E-state index is 5.70. The minimum absolute atomic E-state index is 0.306. The van der Waals surface area contributed by atoms with Gasteiger partial charge < -0.3 is 10.5 Å². The van der Waals surface area contributed by atoms with E-state index in [0.29, 0.717) is 29.0 Å². The first-order valence-electron chi connectivity index (χ1n) is 5.70. The molecule has 4 nitrogen and oxygen atoms in total. The number of hydrogen-bond donors (Lipinski definition) is 1. The van der Waals surface area contributed by atoms with Crippen LogP contribution < -0.4 is 10.5 Å². The SMILES string of the molecule is Cc1nnc(OCCC(C)C)c(C(N)=S)c1C. The Labute approximate surface area is 108 Å². The third kappa shape index (κ3) is 3.63. The number of aryl methyl sites for hydroxylation is 1. The monoisotopic (exact) mass is 253 g/mol. The summed E-state index contributed by atoms with van der Waals surface area (Å²) in [5.41, 5.74) is 8.16. The van der Waals surface area contributed by atoms with Crippen molar-refractivity contribution >= 4 is 17.2 Å². The predicted molar refractivity (Wildman–Crippen MR) is 72.3 cm³/mol. The molecule has 0 radical (unpaired) electrons. The number of aromatic nitrogens is 2.